The molecule has 5 fully saturated rings. The summed E-state index contributed by atoms with van der Waals surface area (Å²) >= 11 is 11.7. The number of aromatic nitrogens is 1. The Morgan fingerprint density at radius 3 is 2.02 bits per heavy atom. The predicted molar refractivity (Wildman–Crippen MR) is 172 cm³/mol. The van der Waals surface area contributed by atoms with E-state index in [4.69, 9.17) is 23.8 Å². The van der Waals surface area contributed by atoms with Crippen LogP contribution in [0.5, 0.6) is 0 Å². The summed E-state index contributed by atoms with van der Waals surface area (Å²) in [6.07, 6.45) is 10.1. The highest BCUT2D eigenvalue weighted by Gasteiger charge is 2.51. The van der Waals surface area contributed by atoms with Crippen molar-refractivity contribution in [2.75, 3.05) is 11.4 Å². The van der Waals surface area contributed by atoms with Gasteiger partial charge in [-0.3, -0.25) is 19.4 Å². The molecule has 2 amide bonds. The van der Waals surface area contributed by atoms with Crippen molar-refractivity contribution in [2.45, 2.75) is 64.7 Å². The van der Waals surface area contributed by atoms with Gasteiger partial charge in [0, 0.05) is 28.6 Å². The molecule has 0 unspecified atom stereocenters. The molecule has 1 aliphatic heterocycles. The molecule has 0 spiro atoms. The molecule has 2 heterocycles. The Morgan fingerprint density at radius 1 is 0.881 bits per heavy atom. The smallest absolute Gasteiger partial charge is 0.270 e. The number of benzene rings is 2. The number of aryl methyl sites for hydroxylation is 1. The van der Waals surface area contributed by atoms with Crippen LogP contribution < -0.4 is 4.90 Å². The number of hydrogen-bond acceptors (Lipinski definition) is 3. The van der Waals surface area contributed by atoms with Crippen LogP contribution in [0.1, 0.15) is 68.0 Å². The average Bonchev–Trinajstić information content (AvgIpc) is 3.24. The van der Waals surface area contributed by atoms with Crippen molar-refractivity contribution < 1.29 is 9.59 Å². The molecule has 4 bridgehead atoms. The van der Waals surface area contributed by atoms with Gasteiger partial charge in [0.15, 0.2) is 5.11 Å². The fourth-order valence-electron chi connectivity index (χ4n) is 8.79. The van der Waals surface area contributed by atoms with Gasteiger partial charge in [0.05, 0.1) is 5.69 Å². The lowest BCUT2D eigenvalue weighted by molar-refractivity contribution is -0.127. The molecule has 42 heavy (non-hydrogen) atoms. The SMILES string of the molecule is CCN1C(=O)/C(=C/c2cc(C)n(-c3ccc(C45CC6CC(CC(C6)C4)C5)cc3)c2C)C(=O)N(c2ccc(Cl)cc2)C1=S. The second kappa shape index (κ2) is 10.2. The number of nitrogens with zero attached hydrogens (tertiary/aromatic N) is 3. The van der Waals surface area contributed by atoms with Crippen LogP contribution >= 0.6 is 23.8 Å². The van der Waals surface area contributed by atoms with E-state index in [0.29, 0.717) is 22.7 Å². The van der Waals surface area contributed by atoms with E-state index in [1.165, 1.54) is 53.9 Å². The maximum atomic E-state index is 13.8. The number of carbonyl (C=O) groups excluding carboxylic acids is 2. The van der Waals surface area contributed by atoms with Gasteiger partial charge in [-0.2, -0.15) is 0 Å². The molecule has 5 aliphatic rings. The molecule has 8 rings (SSSR count). The van der Waals surface area contributed by atoms with Crippen LogP contribution in [0.15, 0.2) is 60.2 Å². The fourth-order valence-corrected chi connectivity index (χ4v) is 9.31. The number of carbonyl (C=O) groups is 2. The quantitative estimate of drug-likeness (QED) is 0.171. The summed E-state index contributed by atoms with van der Waals surface area (Å²) in [7, 11) is 0. The van der Waals surface area contributed by atoms with Gasteiger partial charge in [0.25, 0.3) is 11.8 Å². The minimum atomic E-state index is -0.429. The molecule has 4 saturated carbocycles. The zero-order chi connectivity index (χ0) is 29.3. The van der Waals surface area contributed by atoms with Crippen molar-refractivity contribution in [3.8, 4) is 5.69 Å². The number of anilines is 1. The first-order valence-electron chi connectivity index (χ1n) is 15.1. The molecule has 0 N–H and O–H groups in total. The first-order valence-corrected chi connectivity index (χ1v) is 15.9. The van der Waals surface area contributed by atoms with E-state index in [-0.39, 0.29) is 16.6 Å². The number of rotatable bonds is 5. The van der Waals surface area contributed by atoms with Gasteiger partial charge in [-0.1, -0.05) is 23.7 Å². The van der Waals surface area contributed by atoms with E-state index in [9.17, 15) is 9.59 Å². The van der Waals surface area contributed by atoms with Crippen molar-refractivity contribution in [1.82, 2.24) is 9.47 Å². The lowest BCUT2D eigenvalue weighted by atomic mass is 9.48. The van der Waals surface area contributed by atoms with Crippen molar-refractivity contribution >= 4 is 52.5 Å². The highest BCUT2D eigenvalue weighted by atomic mass is 35.5. The standard InChI is InChI=1S/C35H36ClN3O2S/c1-4-37-32(40)31(33(41)39(34(37)42)30-11-7-28(36)8-12-30)17-26-13-21(2)38(22(26)3)29-9-5-27(6-10-29)35-18-23-14-24(19-35)16-25(15-23)20-35/h5-13,17,23-25H,4,14-16,18-20H2,1-3H3/b31-17-. The van der Waals surface area contributed by atoms with Crippen LogP contribution in [-0.4, -0.2) is 32.9 Å². The lowest BCUT2D eigenvalue weighted by Crippen LogP contribution is -2.56. The topological polar surface area (TPSA) is 45.6 Å². The number of hydrogen-bond donors (Lipinski definition) is 0. The van der Waals surface area contributed by atoms with Crippen LogP contribution in [0.4, 0.5) is 5.69 Å². The van der Waals surface area contributed by atoms with Crippen molar-refractivity contribution in [2.24, 2.45) is 17.8 Å². The average molecular weight is 598 g/mol. The van der Waals surface area contributed by atoms with E-state index in [2.05, 4.69) is 35.8 Å². The lowest BCUT2D eigenvalue weighted by Gasteiger charge is -2.57. The van der Waals surface area contributed by atoms with Crippen LogP contribution in [0.3, 0.4) is 0 Å². The monoisotopic (exact) mass is 597 g/mol. The normalized spacial score (nSPS) is 28.0. The minimum Gasteiger partial charge on any atom is -0.318 e. The van der Waals surface area contributed by atoms with E-state index in [0.717, 1.165) is 40.4 Å². The minimum absolute atomic E-state index is 0.0952. The Hall–Kier alpha value is -3.22. The number of thiocarbonyl (C=S) groups is 1. The molecule has 4 aliphatic carbocycles. The molecule has 216 valence electrons. The number of likely N-dealkylation sites (N-methyl/N-ethyl adjacent to an activating group) is 1. The number of amides is 2. The number of halogens is 1. The molecule has 5 nitrogen and oxygen atoms in total. The first kappa shape index (κ1) is 27.6. The summed E-state index contributed by atoms with van der Waals surface area (Å²) in [5, 5.41) is 0.739. The van der Waals surface area contributed by atoms with E-state index < -0.39 is 5.91 Å². The molecule has 1 saturated heterocycles. The van der Waals surface area contributed by atoms with E-state index >= 15 is 0 Å². The molecular weight excluding hydrogens is 562 g/mol. The maximum Gasteiger partial charge on any atom is 0.270 e. The van der Waals surface area contributed by atoms with Gasteiger partial charge in [0.1, 0.15) is 5.57 Å². The molecule has 1 aromatic heterocycles. The summed E-state index contributed by atoms with van der Waals surface area (Å²) in [5.41, 5.74) is 6.53. The fraction of sp³-hybridized carbons (Fsp3) is 0.400. The van der Waals surface area contributed by atoms with Gasteiger partial charge >= 0.3 is 0 Å². The zero-order valence-electron chi connectivity index (χ0n) is 24.4. The van der Waals surface area contributed by atoms with E-state index in [1.807, 2.05) is 19.9 Å². The van der Waals surface area contributed by atoms with Crippen LogP contribution in [0.2, 0.25) is 5.02 Å². The molecular formula is C35H36ClN3O2S. The van der Waals surface area contributed by atoms with Crippen molar-refractivity contribution in [3.63, 3.8) is 0 Å². The molecule has 7 heteroatoms. The van der Waals surface area contributed by atoms with E-state index in [1.54, 1.807) is 30.3 Å². The molecule has 2 aromatic carbocycles. The predicted octanol–water partition coefficient (Wildman–Crippen LogP) is 7.78. The summed E-state index contributed by atoms with van der Waals surface area (Å²) < 4.78 is 2.22. The Kier molecular flexibility index (Phi) is 6.70. The van der Waals surface area contributed by atoms with Gasteiger partial charge in [0.2, 0.25) is 0 Å². The highest BCUT2D eigenvalue weighted by molar-refractivity contribution is 7.80. The third kappa shape index (κ3) is 4.37. The molecule has 0 radical (unpaired) electrons. The Balaban J connectivity index is 1.21. The molecule has 0 atom stereocenters. The Labute approximate surface area is 258 Å². The zero-order valence-corrected chi connectivity index (χ0v) is 26.0. The largest absolute Gasteiger partial charge is 0.318 e. The van der Waals surface area contributed by atoms with Gasteiger partial charge in [-0.15, -0.1) is 0 Å². The Morgan fingerprint density at radius 2 is 1.45 bits per heavy atom. The van der Waals surface area contributed by atoms with Gasteiger partial charge < -0.3 is 4.57 Å². The third-order valence-electron chi connectivity index (χ3n) is 10.3. The molecule has 3 aromatic rings. The van der Waals surface area contributed by atoms with Gasteiger partial charge in [-0.25, -0.2) is 0 Å². The second-order valence-corrected chi connectivity index (χ2v) is 13.7. The maximum absolute atomic E-state index is 13.8. The summed E-state index contributed by atoms with van der Waals surface area (Å²) in [6.45, 7) is 6.33. The van der Waals surface area contributed by atoms with Crippen LogP contribution in [0.25, 0.3) is 11.8 Å². The Bertz CT molecular complexity index is 1600. The van der Waals surface area contributed by atoms with Crippen LogP contribution in [0, 0.1) is 31.6 Å². The summed E-state index contributed by atoms with van der Waals surface area (Å²) in [5.74, 6) is 1.95. The first-order chi connectivity index (χ1) is 20.2. The summed E-state index contributed by atoms with van der Waals surface area (Å²) in [4.78, 5) is 30.1. The summed E-state index contributed by atoms with van der Waals surface area (Å²) in [6, 6.07) is 18.2. The highest BCUT2D eigenvalue weighted by Crippen LogP contribution is 2.60. The second-order valence-electron chi connectivity index (χ2n) is 12.9. The van der Waals surface area contributed by atoms with Crippen molar-refractivity contribution in [3.05, 3.63) is 87.7 Å². The third-order valence-corrected chi connectivity index (χ3v) is 10.9. The van der Waals surface area contributed by atoms with Crippen LogP contribution in [-0.2, 0) is 15.0 Å². The van der Waals surface area contributed by atoms with Crippen molar-refractivity contribution in [1.29, 1.82) is 0 Å². The van der Waals surface area contributed by atoms with Gasteiger partial charge in [-0.05, 0) is 154 Å².